The van der Waals surface area contributed by atoms with Crippen LogP contribution in [0.2, 0.25) is 0 Å². The Morgan fingerprint density at radius 2 is 1.47 bits per heavy atom. The van der Waals surface area contributed by atoms with E-state index in [1.807, 2.05) is 45.9 Å². The number of anilines is 1. The predicted octanol–water partition coefficient (Wildman–Crippen LogP) is 3.15. The summed E-state index contributed by atoms with van der Waals surface area (Å²) in [5, 5.41) is 0. The highest BCUT2D eigenvalue weighted by Gasteiger charge is 2.17. The number of rotatable bonds is 4. The number of hydrogen-bond donors (Lipinski definition) is 2. The van der Waals surface area contributed by atoms with Gasteiger partial charge in [0.15, 0.2) is 0 Å². The van der Waals surface area contributed by atoms with Gasteiger partial charge < -0.3 is 0 Å². The fourth-order valence-electron chi connectivity index (χ4n) is 1.80. The van der Waals surface area contributed by atoms with Crippen LogP contribution in [-0.2, 0) is 10.3 Å². The fraction of sp³-hybridized carbons (Fsp3) is 0.500. The molecule has 0 bridgehead atoms. The summed E-state index contributed by atoms with van der Waals surface area (Å²) in [5.41, 5.74) is 2.27. The molecular formula is C12H19NO3S. The molecular weight excluding hydrogens is 238 g/mol. The average molecular weight is 257 g/mol. The Hall–Kier alpha value is -1.07. The molecule has 4 nitrogen and oxygen atoms in total. The minimum Gasteiger partial charge on any atom is -0.269 e. The molecule has 1 aromatic rings. The molecule has 0 saturated heterocycles. The van der Waals surface area contributed by atoms with Crippen LogP contribution in [0.3, 0.4) is 0 Å². The normalized spacial score (nSPS) is 12.2. The van der Waals surface area contributed by atoms with Gasteiger partial charge in [-0.25, -0.2) is 0 Å². The Labute approximate surface area is 103 Å². The molecule has 1 rings (SSSR count). The van der Waals surface area contributed by atoms with Gasteiger partial charge in [-0.15, -0.1) is 0 Å². The molecule has 0 unspecified atom stereocenters. The predicted molar refractivity (Wildman–Crippen MR) is 69.8 cm³/mol. The van der Waals surface area contributed by atoms with Gasteiger partial charge in [0, 0.05) is 0 Å². The Bertz CT molecular complexity index is 466. The summed E-state index contributed by atoms with van der Waals surface area (Å²) in [4.78, 5) is 0. The first-order valence-electron chi connectivity index (χ1n) is 5.60. The molecule has 0 aromatic heterocycles. The van der Waals surface area contributed by atoms with E-state index in [0.717, 1.165) is 11.1 Å². The van der Waals surface area contributed by atoms with Gasteiger partial charge >= 0.3 is 10.3 Å². The maximum atomic E-state index is 11.0. The van der Waals surface area contributed by atoms with Crippen molar-refractivity contribution in [3.05, 3.63) is 29.3 Å². The molecule has 17 heavy (non-hydrogen) atoms. The zero-order valence-electron chi connectivity index (χ0n) is 10.6. The Balaban J connectivity index is 3.39. The van der Waals surface area contributed by atoms with E-state index in [-0.39, 0.29) is 11.8 Å². The summed E-state index contributed by atoms with van der Waals surface area (Å²) in [6.07, 6.45) is 0. The third-order valence-electron chi connectivity index (χ3n) is 2.60. The molecule has 0 radical (unpaired) electrons. The first-order valence-corrected chi connectivity index (χ1v) is 7.04. The van der Waals surface area contributed by atoms with Crippen molar-refractivity contribution in [3.63, 3.8) is 0 Å². The van der Waals surface area contributed by atoms with Gasteiger partial charge in [0.05, 0.1) is 5.69 Å². The lowest BCUT2D eigenvalue weighted by Gasteiger charge is -2.19. The Morgan fingerprint density at radius 3 is 1.76 bits per heavy atom. The second-order valence-electron chi connectivity index (χ2n) is 4.70. The molecule has 5 heteroatoms. The van der Waals surface area contributed by atoms with Crippen molar-refractivity contribution in [2.24, 2.45) is 0 Å². The van der Waals surface area contributed by atoms with Crippen LogP contribution < -0.4 is 4.72 Å². The van der Waals surface area contributed by atoms with Crippen molar-refractivity contribution in [1.82, 2.24) is 0 Å². The molecule has 0 fully saturated rings. The smallest absolute Gasteiger partial charge is 0.269 e. The highest BCUT2D eigenvalue weighted by Crippen LogP contribution is 2.32. The van der Waals surface area contributed by atoms with Crippen molar-refractivity contribution in [2.45, 2.75) is 39.5 Å². The van der Waals surface area contributed by atoms with E-state index in [2.05, 4.69) is 4.72 Å². The van der Waals surface area contributed by atoms with Gasteiger partial charge in [0.2, 0.25) is 0 Å². The molecule has 0 atom stereocenters. The second kappa shape index (κ2) is 5.06. The van der Waals surface area contributed by atoms with Crippen LogP contribution >= 0.6 is 0 Å². The lowest BCUT2D eigenvalue weighted by Crippen LogP contribution is -2.14. The van der Waals surface area contributed by atoms with Crippen molar-refractivity contribution in [2.75, 3.05) is 4.72 Å². The van der Waals surface area contributed by atoms with Crippen LogP contribution in [0.1, 0.15) is 50.7 Å². The largest absolute Gasteiger partial charge is 0.357 e. The van der Waals surface area contributed by atoms with Crippen molar-refractivity contribution in [1.29, 1.82) is 0 Å². The quantitative estimate of drug-likeness (QED) is 0.814. The highest BCUT2D eigenvalue weighted by atomic mass is 32.2. The number of nitrogens with one attached hydrogen (secondary N) is 1. The zero-order valence-corrected chi connectivity index (χ0v) is 11.4. The van der Waals surface area contributed by atoms with E-state index in [0.29, 0.717) is 5.69 Å². The lowest BCUT2D eigenvalue weighted by atomic mass is 9.93. The van der Waals surface area contributed by atoms with Gasteiger partial charge in [-0.1, -0.05) is 45.9 Å². The van der Waals surface area contributed by atoms with Crippen LogP contribution in [0, 0.1) is 0 Å². The van der Waals surface area contributed by atoms with Crippen LogP contribution in [0.15, 0.2) is 18.2 Å². The van der Waals surface area contributed by atoms with E-state index in [4.69, 9.17) is 4.55 Å². The van der Waals surface area contributed by atoms with E-state index >= 15 is 0 Å². The summed E-state index contributed by atoms with van der Waals surface area (Å²) in [5.74, 6) is 0.357. The van der Waals surface area contributed by atoms with Gasteiger partial charge in [0.25, 0.3) is 0 Å². The summed E-state index contributed by atoms with van der Waals surface area (Å²) < 4.78 is 33.1. The minimum atomic E-state index is -4.24. The standard InChI is InChI=1S/C12H19NO3S/c1-8(2)10-6-5-7-11(9(3)4)12(10)13-17(14,15)16/h5-9,13H,1-4H3,(H,14,15,16). The van der Waals surface area contributed by atoms with E-state index in [1.54, 1.807) is 0 Å². The van der Waals surface area contributed by atoms with Gasteiger partial charge in [-0.2, -0.15) is 8.42 Å². The second-order valence-corrected chi connectivity index (χ2v) is 5.85. The van der Waals surface area contributed by atoms with Crippen molar-refractivity contribution < 1.29 is 13.0 Å². The van der Waals surface area contributed by atoms with Crippen LogP contribution in [0.4, 0.5) is 5.69 Å². The number of hydrogen-bond acceptors (Lipinski definition) is 2. The van der Waals surface area contributed by atoms with Gasteiger partial charge in [-0.05, 0) is 23.0 Å². The summed E-state index contributed by atoms with van der Waals surface area (Å²) >= 11 is 0. The van der Waals surface area contributed by atoms with Crippen LogP contribution in [0.5, 0.6) is 0 Å². The highest BCUT2D eigenvalue weighted by molar-refractivity contribution is 7.87. The average Bonchev–Trinajstić information content (AvgIpc) is 2.14. The molecule has 0 aliphatic carbocycles. The molecule has 0 spiro atoms. The van der Waals surface area contributed by atoms with Gasteiger partial charge in [0.1, 0.15) is 0 Å². The molecule has 1 aromatic carbocycles. The monoisotopic (exact) mass is 257 g/mol. The first kappa shape index (κ1) is 14.0. The topological polar surface area (TPSA) is 66.4 Å². The molecule has 0 heterocycles. The first-order chi connectivity index (χ1) is 7.72. The molecule has 2 N–H and O–H groups in total. The summed E-state index contributed by atoms with van der Waals surface area (Å²) in [6.45, 7) is 7.92. The van der Waals surface area contributed by atoms with Crippen LogP contribution in [0.25, 0.3) is 0 Å². The maximum absolute atomic E-state index is 11.0. The van der Waals surface area contributed by atoms with Crippen molar-refractivity contribution in [3.8, 4) is 0 Å². The third-order valence-corrected chi connectivity index (χ3v) is 3.07. The molecule has 0 saturated carbocycles. The SMILES string of the molecule is CC(C)c1cccc(C(C)C)c1NS(=O)(=O)O. The Kier molecular flexibility index (Phi) is 4.16. The summed E-state index contributed by atoms with van der Waals surface area (Å²) in [6, 6.07) is 5.63. The van der Waals surface area contributed by atoms with Crippen LogP contribution in [-0.4, -0.2) is 13.0 Å². The lowest BCUT2D eigenvalue weighted by molar-refractivity contribution is 0.489. The zero-order chi connectivity index (χ0) is 13.2. The van der Waals surface area contributed by atoms with E-state index < -0.39 is 10.3 Å². The molecule has 0 amide bonds. The molecule has 0 aliphatic heterocycles. The summed E-state index contributed by atoms with van der Waals surface area (Å²) in [7, 11) is -4.24. The van der Waals surface area contributed by atoms with Gasteiger partial charge in [-0.3, -0.25) is 9.27 Å². The minimum absolute atomic E-state index is 0.179. The third kappa shape index (κ3) is 3.71. The fourth-order valence-corrected chi connectivity index (χ4v) is 2.29. The maximum Gasteiger partial charge on any atom is 0.357 e. The van der Waals surface area contributed by atoms with E-state index in [1.165, 1.54) is 0 Å². The van der Waals surface area contributed by atoms with Crippen molar-refractivity contribution >= 4 is 16.0 Å². The number of benzene rings is 1. The molecule has 0 aliphatic rings. The number of para-hydroxylation sites is 1. The Morgan fingerprint density at radius 1 is 1.06 bits per heavy atom. The van der Waals surface area contributed by atoms with E-state index in [9.17, 15) is 8.42 Å². The molecule has 96 valence electrons.